The van der Waals surface area contributed by atoms with E-state index in [9.17, 15) is 0 Å². The van der Waals surface area contributed by atoms with Crippen molar-refractivity contribution in [1.29, 1.82) is 0 Å². The summed E-state index contributed by atoms with van der Waals surface area (Å²) in [4.78, 5) is 3.98. The SMILES string of the molecule is CCCNCc1cn(CCOc2ncn(C)n2)nn1. The van der Waals surface area contributed by atoms with Gasteiger partial charge in [0.05, 0.1) is 12.2 Å². The van der Waals surface area contributed by atoms with Crippen LogP contribution in [0.5, 0.6) is 6.01 Å². The molecule has 1 N–H and O–H groups in total. The molecule has 2 aromatic heterocycles. The molecule has 8 nitrogen and oxygen atoms in total. The molecule has 0 aromatic carbocycles. The van der Waals surface area contributed by atoms with Gasteiger partial charge in [0.1, 0.15) is 12.9 Å². The molecular formula is C11H19N7O. The first-order valence-electron chi connectivity index (χ1n) is 6.36. The lowest BCUT2D eigenvalue weighted by atomic mass is 10.4. The number of nitrogens with zero attached hydrogens (tertiary/aromatic N) is 6. The Morgan fingerprint density at radius 1 is 1.42 bits per heavy atom. The van der Waals surface area contributed by atoms with E-state index in [2.05, 4.69) is 32.6 Å². The predicted octanol–water partition coefficient (Wildman–Crippen LogP) is -0.0148. The summed E-state index contributed by atoms with van der Waals surface area (Å²) in [6.45, 7) is 4.96. The molecular weight excluding hydrogens is 246 g/mol. The highest BCUT2D eigenvalue weighted by Gasteiger charge is 2.02. The summed E-state index contributed by atoms with van der Waals surface area (Å²) in [5.41, 5.74) is 0.935. The molecule has 104 valence electrons. The smallest absolute Gasteiger partial charge is 0.335 e. The molecule has 2 rings (SSSR count). The molecule has 8 heteroatoms. The molecule has 0 aliphatic rings. The maximum atomic E-state index is 5.39. The maximum Gasteiger partial charge on any atom is 0.335 e. The summed E-state index contributed by atoms with van der Waals surface area (Å²) in [7, 11) is 1.80. The zero-order chi connectivity index (χ0) is 13.5. The number of ether oxygens (including phenoxy) is 1. The van der Waals surface area contributed by atoms with Crippen molar-refractivity contribution in [3.8, 4) is 6.01 Å². The van der Waals surface area contributed by atoms with Gasteiger partial charge in [-0.3, -0.25) is 4.68 Å². The van der Waals surface area contributed by atoms with Crippen LogP contribution in [0.25, 0.3) is 0 Å². The van der Waals surface area contributed by atoms with E-state index in [4.69, 9.17) is 4.74 Å². The van der Waals surface area contributed by atoms with Crippen molar-refractivity contribution in [2.75, 3.05) is 13.2 Å². The minimum Gasteiger partial charge on any atom is -0.460 e. The Kier molecular flexibility index (Phi) is 4.85. The Labute approximate surface area is 111 Å². The lowest BCUT2D eigenvalue weighted by Crippen LogP contribution is -2.14. The van der Waals surface area contributed by atoms with Gasteiger partial charge in [-0.05, 0) is 13.0 Å². The average molecular weight is 265 g/mol. The number of hydrogen-bond donors (Lipinski definition) is 1. The van der Waals surface area contributed by atoms with Crippen molar-refractivity contribution in [2.45, 2.75) is 26.4 Å². The molecule has 0 radical (unpaired) electrons. The van der Waals surface area contributed by atoms with Gasteiger partial charge in [0.15, 0.2) is 0 Å². The van der Waals surface area contributed by atoms with Gasteiger partial charge in [0, 0.05) is 19.8 Å². The van der Waals surface area contributed by atoms with E-state index in [1.165, 1.54) is 0 Å². The Morgan fingerprint density at radius 3 is 3.05 bits per heavy atom. The average Bonchev–Trinajstić information content (AvgIpc) is 3.00. The van der Waals surface area contributed by atoms with Gasteiger partial charge in [-0.25, -0.2) is 4.68 Å². The van der Waals surface area contributed by atoms with Crippen LogP contribution in [0.15, 0.2) is 12.5 Å². The summed E-state index contributed by atoms with van der Waals surface area (Å²) in [5, 5.41) is 15.4. The second kappa shape index (κ2) is 6.83. The Balaban J connectivity index is 1.71. The van der Waals surface area contributed by atoms with Crippen LogP contribution in [0.2, 0.25) is 0 Å². The van der Waals surface area contributed by atoms with Crippen molar-refractivity contribution >= 4 is 0 Å². The Hall–Kier alpha value is -1.96. The summed E-state index contributed by atoms with van der Waals surface area (Å²) in [6, 6.07) is 0.382. The van der Waals surface area contributed by atoms with Crippen molar-refractivity contribution in [3.05, 3.63) is 18.2 Å². The zero-order valence-electron chi connectivity index (χ0n) is 11.3. The molecule has 0 unspecified atom stereocenters. The van der Waals surface area contributed by atoms with E-state index in [1.807, 2.05) is 6.20 Å². The number of nitrogens with one attached hydrogen (secondary N) is 1. The third-order valence-corrected chi connectivity index (χ3v) is 2.45. The van der Waals surface area contributed by atoms with Gasteiger partial charge in [0.2, 0.25) is 0 Å². The molecule has 0 spiro atoms. The number of hydrogen-bond acceptors (Lipinski definition) is 6. The monoisotopic (exact) mass is 265 g/mol. The normalized spacial score (nSPS) is 10.8. The minimum atomic E-state index is 0.382. The van der Waals surface area contributed by atoms with Crippen LogP contribution in [0.3, 0.4) is 0 Å². The van der Waals surface area contributed by atoms with Crippen molar-refractivity contribution < 1.29 is 4.74 Å². The first kappa shape index (κ1) is 13.5. The molecule has 0 fully saturated rings. The zero-order valence-corrected chi connectivity index (χ0v) is 11.3. The highest BCUT2D eigenvalue weighted by molar-refractivity contribution is 4.91. The maximum absolute atomic E-state index is 5.39. The van der Waals surface area contributed by atoms with Crippen LogP contribution >= 0.6 is 0 Å². The molecule has 0 bridgehead atoms. The number of rotatable bonds is 8. The largest absolute Gasteiger partial charge is 0.460 e. The predicted molar refractivity (Wildman–Crippen MR) is 68.5 cm³/mol. The third kappa shape index (κ3) is 4.32. The summed E-state index contributed by atoms with van der Waals surface area (Å²) in [6.07, 6.45) is 4.62. The lowest BCUT2D eigenvalue weighted by Gasteiger charge is -2.01. The van der Waals surface area contributed by atoms with Gasteiger partial charge in [-0.15, -0.1) is 10.2 Å². The van der Waals surface area contributed by atoms with E-state index in [0.717, 1.165) is 25.2 Å². The van der Waals surface area contributed by atoms with Gasteiger partial charge in [-0.1, -0.05) is 12.1 Å². The van der Waals surface area contributed by atoms with Gasteiger partial charge >= 0.3 is 6.01 Å². The second-order valence-electron chi connectivity index (χ2n) is 4.20. The molecule has 0 aliphatic carbocycles. The minimum absolute atomic E-state index is 0.382. The second-order valence-corrected chi connectivity index (χ2v) is 4.20. The summed E-state index contributed by atoms with van der Waals surface area (Å²) < 4.78 is 8.75. The molecule has 19 heavy (non-hydrogen) atoms. The van der Waals surface area contributed by atoms with E-state index in [0.29, 0.717) is 19.2 Å². The van der Waals surface area contributed by atoms with Gasteiger partial charge in [-0.2, -0.15) is 4.98 Å². The van der Waals surface area contributed by atoms with Crippen molar-refractivity contribution in [1.82, 2.24) is 35.1 Å². The highest BCUT2D eigenvalue weighted by Crippen LogP contribution is 1.99. The molecule has 2 heterocycles. The molecule has 2 aromatic rings. The topological polar surface area (TPSA) is 82.7 Å². The van der Waals surface area contributed by atoms with Crippen LogP contribution in [0, 0.1) is 0 Å². The van der Waals surface area contributed by atoms with E-state index in [1.54, 1.807) is 22.7 Å². The van der Waals surface area contributed by atoms with Gasteiger partial charge in [0.25, 0.3) is 0 Å². The highest BCUT2D eigenvalue weighted by atomic mass is 16.5. The Morgan fingerprint density at radius 2 is 2.32 bits per heavy atom. The number of aromatic nitrogens is 6. The number of aryl methyl sites for hydroxylation is 1. The van der Waals surface area contributed by atoms with Crippen molar-refractivity contribution in [3.63, 3.8) is 0 Å². The molecule has 0 amide bonds. The van der Waals surface area contributed by atoms with E-state index < -0.39 is 0 Å². The van der Waals surface area contributed by atoms with Gasteiger partial charge < -0.3 is 10.1 Å². The fourth-order valence-electron chi connectivity index (χ4n) is 1.54. The summed E-state index contributed by atoms with van der Waals surface area (Å²) >= 11 is 0. The standard InChI is InChI=1S/C11H19N7O/c1-3-4-12-7-10-8-18(16-14-10)5-6-19-11-13-9-17(2)15-11/h8-9,12H,3-7H2,1-2H3. The Bertz CT molecular complexity index is 493. The van der Waals surface area contributed by atoms with Crippen LogP contribution < -0.4 is 10.1 Å². The molecule has 0 saturated carbocycles. The van der Waals surface area contributed by atoms with Crippen molar-refractivity contribution in [2.24, 2.45) is 7.05 Å². The van der Waals surface area contributed by atoms with E-state index in [-0.39, 0.29) is 0 Å². The van der Waals surface area contributed by atoms with Crippen LogP contribution in [0.1, 0.15) is 19.0 Å². The molecule has 0 saturated heterocycles. The third-order valence-electron chi connectivity index (χ3n) is 2.45. The van der Waals surface area contributed by atoms with Crippen LogP contribution in [-0.4, -0.2) is 42.9 Å². The fraction of sp³-hybridized carbons (Fsp3) is 0.636. The molecule has 0 atom stereocenters. The first-order valence-corrected chi connectivity index (χ1v) is 6.36. The molecule has 0 aliphatic heterocycles. The quantitative estimate of drug-likeness (QED) is 0.676. The fourth-order valence-corrected chi connectivity index (χ4v) is 1.54. The van der Waals surface area contributed by atoms with Crippen LogP contribution in [0.4, 0.5) is 0 Å². The van der Waals surface area contributed by atoms with E-state index >= 15 is 0 Å². The van der Waals surface area contributed by atoms with Crippen LogP contribution in [-0.2, 0) is 20.1 Å². The summed E-state index contributed by atoms with van der Waals surface area (Å²) in [5.74, 6) is 0. The lowest BCUT2D eigenvalue weighted by molar-refractivity contribution is 0.268. The first-order chi connectivity index (χ1) is 9.28.